The molecule has 0 aliphatic heterocycles. The summed E-state index contributed by atoms with van der Waals surface area (Å²) in [5, 5.41) is 10.8. The van der Waals surface area contributed by atoms with E-state index >= 15 is 0 Å². The van der Waals surface area contributed by atoms with Crippen LogP contribution in [0.25, 0.3) is 21.8 Å². The molecule has 2 heterocycles. The van der Waals surface area contributed by atoms with Crippen molar-refractivity contribution in [1.29, 1.82) is 5.26 Å². The molecule has 0 radical (unpaired) electrons. The SMILES string of the molecule is N#CCc1ccc2ccc3cccnc3c2n1. The van der Waals surface area contributed by atoms with Crippen molar-refractivity contribution in [2.75, 3.05) is 0 Å². The molecule has 3 nitrogen and oxygen atoms in total. The molecule has 0 aliphatic carbocycles. The summed E-state index contributed by atoms with van der Waals surface area (Å²) >= 11 is 0. The standard InChI is InChI=1S/C14H9N3/c15-8-7-12-6-5-11-4-3-10-2-1-9-16-13(10)14(11)17-12/h1-6,9H,7H2. The maximum absolute atomic E-state index is 8.70. The summed E-state index contributed by atoms with van der Waals surface area (Å²) in [6, 6.07) is 14.0. The smallest absolute Gasteiger partial charge is 0.0968 e. The molecule has 1 aromatic carbocycles. The van der Waals surface area contributed by atoms with Gasteiger partial charge in [-0.25, -0.2) is 4.98 Å². The number of pyridine rings is 2. The Labute approximate surface area is 98.4 Å². The Morgan fingerprint density at radius 3 is 2.59 bits per heavy atom. The first-order valence-electron chi connectivity index (χ1n) is 5.39. The van der Waals surface area contributed by atoms with Crippen molar-refractivity contribution in [3.8, 4) is 6.07 Å². The van der Waals surface area contributed by atoms with Crippen LogP contribution < -0.4 is 0 Å². The fraction of sp³-hybridized carbons (Fsp3) is 0.0714. The molecule has 0 atom stereocenters. The van der Waals surface area contributed by atoms with Crippen molar-refractivity contribution >= 4 is 21.8 Å². The predicted octanol–water partition coefficient (Wildman–Crippen LogP) is 2.85. The van der Waals surface area contributed by atoms with Gasteiger partial charge in [0.05, 0.1) is 29.2 Å². The highest BCUT2D eigenvalue weighted by Gasteiger charge is 2.03. The molecule has 3 aromatic rings. The number of aromatic nitrogens is 2. The zero-order valence-corrected chi connectivity index (χ0v) is 9.09. The van der Waals surface area contributed by atoms with E-state index < -0.39 is 0 Å². The molecule has 0 aliphatic rings. The Kier molecular flexibility index (Phi) is 2.20. The lowest BCUT2D eigenvalue weighted by Gasteiger charge is -2.03. The summed E-state index contributed by atoms with van der Waals surface area (Å²) in [6.07, 6.45) is 2.10. The Morgan fingerprint density at radius 2 is 1.76 bits per heavy atom. The predicted molar refractivity (Wildman–Crippen MR) is 66.4 cm³/mol. The highest BCUT2D eigenvalue weighted by atomic mass is 14.7. The van der Waals surface area contributed by atoms with E-state index in [-0.39, 0.29) is 0 Å². The molecule has 0 saturated heterocycles. The lowest BCUT2D eigenvalue weighted by atomic mass is 10.1. The monoisotopic (exact) mass is 219 g/mol. The van der Waals surface area contributed by atoms with Crippen molar-refractivity contribution in [3.63, 3.8) is 0 Å². The third kappa shape index (κ3) is 1.60. The van der Waals surface area contributed by atoms with Gasteiger partial charge in [0.2, 0.25) is 0 Å². The van der Waals surface area contributed by atoms with Crippen molar-refractivity contribution in [1.82, 2.24) is 9.97 Å². The topological polar surface area (TPSA) is 49.6 Å². The van der Waals surface area contributed by atoms with Gasteiger partial charge in [0, 0.05) is 17.0 Å². The van der Waals surface area contributed by atoms with Crippen LogP contribution in [0, 0.1) is 11.3 Å². The fourth-order valence-electron chi connectivity index (χ4n) is 1.94. The van der Waals surface area contributed by atoms with Crippen molar-refractivity contribution in [2.45, 2.75) is 6.42 Å². The number of nitrogens with zero attached hydrogens (tertiary/aromatic N) is 3. The third-order valence-electron chi connectivity index (χ3n) is 2.75. The summed E-state index contributed by atoms with van der Waals surface area (Å²) in [5.74, 6) is 0. The number of hydrogen-bond acceptors (Lipinski definition) is 3. The van der Waals surface area contributed by atoms with Crippen LogP contribution in [0.1, 0.15) is 5.69 Å². The normalized spacial score (nSPS) is 10.5. The Hall–Kier alpha value is -2.47. The zero-order chi connectivity index (χ0) is 11.7. The van der Waals surface area contributed by atoms with Gasteiger partial charge in [0.15, 0.2) is 0 Å². The molecule has 17 heavy (non-hydrogen) atoms. The minimum absolute atomic E-state index is 0.333. The van der Waals surface area contributed by atoms with Crippen molar-refractivity contribution in [3.05, 3.63) is 48.3 Å². The molecule has 2 aromatic heterocycles. The van der Waals surface area contributed by atoms with Gasteiger partial charge >= 0.3 is 0 Å². The second kappa shape index (κ2) is 3.84. The number of rotatable bonds is 1. The molecule has 0 bridgehead atoms. The quantitative estimate of drug-likeness (QED) is 0.591. The Morgan fingerprint density at radius 1 is 1.00 bits per heavy atom. The summed E-state index contributed by atoms with van der Waals surface area (Å²) < 4.78 is 0. The third-order valence-corrected chi connectivity index (χ3v) is 2.75. The molecule has 0 unspecified atom stereocenters. The highest BCUT2D eigenvalue weighted by molar-refractivity contribution is 6.02. The van der Waals surface area contributed by atoms with E-state index in [1.54, 1.807) is 6.20 Å². The van der Waals surface area contributed by atoms with Gasteiger partial charge in [0.1, 0.15) is 0 Å². The van der Waals surface area contributed by atoms with E-state index in [2.05, 4.69) is 16.0 Å². The van der Waals surface area contributed by atoms with Crippen LogP contribution in [-0.2, 0) is 6.42 Å². The van der Waals surface area contributed by atoms with Gasteiger partial charge in [-0.15, -0.1) is 0 Å². The second-order valence-corrected chi connectivity index (χ2v) is 3.85. The molecule has 0 amide bonds. The molecule has 0 fully saturated rings. The average Bonchev–Trinajstić information content (AvgIpc) is 2.39. The first-order chi connectivity index (χ1) is 8.38. The molecular weight excluding hydrogens is 210 g/mol. The van der Waals surface area contributed by atoms with Crippen LogP contribution in [0.4, 0.5) is 0 Å². The summed E-state index contributed by atoms with van der Waals surface area (Å²) in [5.41, 5.74) is 2.55. The highest BCUT2D eigenvalue weighted by Crippen LogP contribution is 2.21. The minimum atomic E-state index is 0.333. The van der Waals surface area contributed by atoms with E-state index in [4.69, 9.17) is 5.26 Å². The van der Waals surface area contributed by atoms with E-state index in [0.29, 0.717) is 6.42 Å². The lowest BCUT2D eigenvalue weighted by molar-refractivity contribution is 1.15. The van der Waals surface area contributed by atoms with Crippen LogP contribution in [0.15, 0.2) is 42.6 Å². The van der Waals surface area contributed by atoms with Crippen LogP contribution in [-0.4, -0.2) is 9.97 Å². The largest absolute Gasteiger partial charge is 0.254 e. The van der Waals surface area contributed by atoms with E-state index in [9.17, 15) is 0 Å². The minimum Gasteiger partial charge on any atom is -0.254 e. The molecule has 3 rings (SSSR count). The van der Waals surface area contributed by atoms with Crippen molar-refractivity contribution < 1.29 is 0 Å². The Bertz CT molecular complexity index is 741. The van der Waals surface area contributed by atoms with Gasteiger partial charge in [-0.05, 0) is 12.1 Å². The maximum atomic E-state index is 8.70. The second-order valence-electron chi connectivity index (χ2n) is 3.85. The Balaban J connectivity index is 2.39. The first-order valence-corrected chi connectivity index (χ1v) is 5.39. The number of hydrogen-bond donors (Lipinski definition) is 0. The van der Waals surface area contributed by atoms with Gasteiger partial charge < -0.3 is 0 Å². The van der Waals surface area contributed by atoms with Gasteiger partial charge in [0.25, 0.3) is 0 Å². The summed E-state index contributed by atoms with van der Waals surface area (Å²) in [4.78, 5) is 8.87. The fourth-order valence-corrected chi connectivity index (χ4v) is 1.94. The van der Waals surface area contributed by atoms with Crippen LogP contribution >= 0.6 is 0 Å². The molecule has 0 N–H and O–H groups in total. The lowest BCUT2D eigenvalue weighted by Crippen LogP contribution is -1.90. The van der Waals surface area contributed by atoms with E-state index in [1.165, 1.54) is 0 Å². The molecule has 80 valence electrons. The average molecular weight is 219 g/mol. The molecular formula is C14H9N3. The molecule has 0 saturated carbocycles. The van der Waals surface area contributed by atoms with Crippen LogP contribution in [0.5, 0.6) is 0 Å². The number of nitriles is 1. The number of benzene rings is 1. The van der Waals surface area contributed by atoms with Crippen LogP contribution in [0.3, 0.4) is 0 Å². The van der Waals surface area contributed by atoms with Crippen molar-refractivity contribution in [2.24, 2.45) is 0 Å². The first kappa shape index (κ1) is 9.73. The molecule has 3 heteroatoms. The van der Waals surface area contributed by atoms with Gasteiger partial charge in [-0.2, -0.15) is 5.26 Å². The molecule has 0 spiro atoms. The zero-order valence-electron chi connectivity index (χ0n) is 9.09. The van der Waals surface area contributed by atoms with E-state index in [0.717, 1.165) is 27.5 Å². The van der Waals surface area contributed by atoms with Crippen LogP contribution in [0.2, 0.25) is 0 Å². The summed E-state index contributed by atoms with van der Waals surface area (Å²) in [6.45, 7) is 0. The maximum Gasteiger partial charge on any atom is 0.0968 e. The van der Waals surface area contributed by atoms with E-state index in [1.807, 2.05) is 36.4 Å². The summed E-state index contributed by atoms with van der Waals surface area (Å²) in [7, 11) is 0. The van der Waals surface area contributed by atoms with Gasteiger partial charge in [-0.3, -0.25) is 4.98 Å². The number of fused-ring (bicyclic) bond motifs is 3. The van der Waals surface area contributed by atoms with Gasteiger partial charge in [-0.1, -0.05) is 24.3 Å².